The molecule has 1 aromatic carbocycles. The fraction of sp³-hybridized carbons (Fsp3) is 0.684. The maximum Gasteiger partial charge on any atom is 0.0213 e. The molecule has 0 atom stereocenters. The number of benzene rings is 1. The van der Waals surface area contributed by atoms with Crippen molar-refractivity contribution in [2.75, 3.05) is 0 Å². The predicted molar refractivity (Wildman–Crippen MR) is 83.6 cm³/mol. The second-order valence-electron chi connectivity index (χ2n) is 7.67. The first-order valence-electron chi connectivity index (χ1n) is 8.58. The number of hydrogen-bond donors (Lipinski definition) is 1. The Balaban J connectivity index is 1.49. The van der Waals surface area contributed by atoms with Gasteiger partial charge in [-0.05, 0) is 73.8 Å². The molecule has 0 spiro atoms. The van der Waals surface area contributed by atoms with Crippen LogP contribution in [0.25, 0.3) is 0 Å². The fourth-order valence-electron chi connectivity index (χ4n) is 5.68. The van der Waals surface area contributed by atoms with Crippen LogP contribution < -0.4 is 5.32 Å². The van der Waals surface area contributed by atoms with Crippen molar-refractivity contribution in [1.29, 1.82) is 0 Å². The molecule has 4 bridgehead atoms. The number of aryl methyl sites for hydroxylation is 1. The third kappa shape index (κ3) is 2.20. The summed E-state index contributed by atoms with van der Waals surface area (Å²) in [6.07, 6.45) is 10.1. The van der Waals surface area contributed by atoms with Crippen LogP contribution in [0.1, 0.15) is 56.6 Å². The highest BCUT2D eigenvalue weighted by atomic mass is 15.0. The van der Waals surface area contributed by atoms with Crippen LogP contribution in [-0.4, -0.2) is 5.54 Å². The highest BCUT2D eigenvalue weighted by Crippen LogP contribution is 2.55. The largest absolute Gasteiger partial charge is 0.307 e. The van der Waals surface area contributed by atoms with Crippen LogP contribution in [0.5, 0.6) is 0 Å². The summed E-state index contributed by atoms with van der Waals surface area (Å²) < 4.78 is 0. The van der Waals surface area contributed by atoms with E-state index in [1.807, 2.05) is 0 Å². The Morgan fingerprint density at radius 1 is 0.950 bits per heavy atom. The Bertz CT molecular complexity index is 455. The minimum atomic E-state index is 0.496. The SMILES string of the molecule is CCc1ccccc1CNC12CC3CC(CC(C3)C1)C2. The van der Waals surface area contributed by atoms with Crippen molar-refractivity contribution >= 4 is 0 Å². The van der Waals surface area contributed by atoms with E-state index in [9.17, 15) is 0 Å². The molecular formula is C19H27N. The quantitative estimate of drug-likeness (QED) is 0.859. The van der Waals surface area contributed by atoms with Gasteiger partial charge >= 0.3 is 0 Å². The lowest BCUT2D eigenvalue weighted by atomic mass is 9.53. The van der Waals surface area contributed by atoms with Gasteiger partial charge in [0.1, 0.15) is 0 Å². The summed E-state index contributed by atoms with van der Waals surface area (Å²) in [7, 11) is 0. The average molecular weight is 269 g/mol. The van der Waals surface area contributed by atoms with E-state index in [2.05, 4.69) is 36.5 Å². The van der Waals surface area contributed by atoms with Crippen molar-refractivity contribution < 1.29 is 0 Å². The summed E-state index contributed by atoms with van der Waals surface area (Å²) in [4.78, 5) is 0. The molecule has 0 aliphatic heterocycles. The van der Waals surface area contributed by atoms with Gasteiger partial charge in [0.05, 0.1) is 0 Å². The molecule has 0 saturated heterocycles. The molecule has 4 fully saturated rings. The Labute approximate surface area is 123 Å². The van der Waals surface area contributed by atoms with Crippen molar-refractivity contribution in [2.45, 2.75) is 64.0 Å². The first kappa shape index (κ1) is 12.9. The molecular weight excluding hydrogens is 242 g/mol. The lowest BCUT2D eigenvalue weighted by Gasteiger charge is -2.57. The molecule has 1 aromatic rings. The molecule has 0 radical (unpaired) electrons. The lowest BCUT2D eigenvalue weighted by Crippen LogP contribution is -2.58. The van der Waals surface area contributed by atoms with Gasteiger partial charge in [0.2, 0.25) is 0 Å². The molecule has 1 nitrogen and oxygen atoms in total. The normalized spacial score (nSPS) is 38.4. The van der Waals surface area contributed by atoms with Gasteiger partial charge in [-0.15, -0.1) is 0 Å². The predicted octanol–water partition coefficient (Wildman–Crippen LogP) is 4.31. The molecule has 5 rings (SSSR count). The summed E-state index contributed by atoms with van der Waals surface area (Å²) >= 11 is 0. The summed E-state index contributed by atoms with van der Waals surface area (Å²) in [6.45, 7) is 3.35. The fourth-order valence-corrected chi connectivity index (χ4v) is 5.68. The third-order valence-electron chi connectivity index (χ3n) is 6.19. The second kappa shape index (κ2) is 4.87. The van der Waals surface area contributed by atoms with Crippen molar-refractivity contribution in [1.82, 2.24) is 5.32 Å². The van der Waals surface area contributed by atoms with Crippen LogP contribution in [0.4, 0.5) is 0 Å². The van der Waals surface area contributed by atoms with E-state index in [-0.39, 0.29) is 0 Å². The highest BCUT2D eigenvalue weighted by Gasteiger charge is 2.50. The maximum absolute atomic E-state index is 4.02. The summed E-state index contributed by atoms with van der Waals surface area (Å²) in [5.41, 5.74) is 3.53. The summed E-state index contributed by atoms with van der Waals surface area (Å²) in [6, 6.07) is 8.96. The maximum atomic E-state index is 4.02. The molecule has 1 N–H and O–H groups in total. The van der Waals surface area contributed by atoms with E-state index in [0.717, 1.165) is 30.7 Å². The van der Waals surface area contributed by atoms with E-state index in [0.29, 0.717) is 5.54 Å². The molecule has 4 aliphatic rings. The highest BCUT2D eigenvalue weighted by molar-refractivity contribution is 5.27. The monoisotopic (exact) mass is 269 g/mol. The minimum absolute atomic E-state index is 0.496. The zero-order chi connectivity index (χ0) is 13.6. The van der Waals surface area contributed by atoms with Gasteiger partial charge in [0.25, 0.3) is 0 Å². The molecule has 4 aliphatic carbocycles. The van der Waals surface area contributed by atoms with E-state index < -0.39 is 0 Å². The summed E-state index contributed by atoms with van der Waals surface area (Å²) in [5.74, 6) is 3.11. The van der Waals surface area contributed by atoms with Gasteiger partial charge in [-0.1, -0.05) is 31.2 Å². The zero-order valence-corrected chi connectivity index (χ0v) is 12.7. The van der Waals surface area contributed by atoms with Crippen LogP contribution in [0.2, 0.25) is 0 Å². The molecule has 0 heterocycles. The van der Waals surface area contributed by atoms with Gasteiger partial charge in [0, 0.05) is 12.1 Å². The number of rotatable bonds is 4. The number of hydrogen-bond acceptors (Lipinski definition) is 1. The Morgan fingerprint density at radius 3 is 2.05 bits per heavy atom. The van der Waals surface area contributed by atoms with Crippen LogP contribution in [-0.2, 0) is 13.0 Å². The van der Waals surface area contributed by atoms with Crippen molar-refractivity contribution in [3.8, 4) is 0 Å². The molecule has 4 saturated carbocycles. The van der Waals surface area contributed by atoms with Gasteiger partial charge in [-0.2, -0.15) is 0 Å². The molecule has 0 unspecified atom stereocenters. The van der Waals surface area contributed by atoms with Crippen molar-refractivity contribution in [3.05, 3.63) is 35.4 Å². The molecule has 20 heavy (non-hydrogen) atoms. The van der Waals surface area contributed by atoms with E-state index in [1.165, 1.54) is 49.7 Å². The first-order valence-corrected chi connectivity index (χ1v) is 8.58. The third-order valence-corrected chi connectivity index (χ3v) is 6.19. The Morgan fingerprint density at radius 2 is 1.50 bits per heavy atom. The Kier molecular flexibility index (Phi) is 3.14. The zero-order valence-electron chi connectivity index (χ0n) is 12.7. The Hall–Kier alpha value is -0.820. The van der Waals surface area contributed by atoms with Crippen LogP contribution >= 0.6 is 0 Å². The number of nitrogens with one attached hydrogen (secondary N) is 1. The second-order valence-corrected chi connectivity index (χ2v) is 7.67. The average Bonchev–Trinajstić information content (AvgIpc) is 2.44. The first-order chi connectivity index (χ1) is 9.76. The van der Waals surface area contributed by atoms with E-state index in [4.69, 9.17) is 0 Å². The summed E-state index contributed by atoms with van der Waals surface area (Å²) in [5, 5.41) is 4.02. The van der Waals surface area contributed by atoms with Gasteiger partial charge in [-0.25, -0.2) is 0 Å². The van der Waals surface area contributed by atoms with Crippen molar-refractivity contribution in [3.63, 3.8) is 0 Å². The standard InChI is InChI=1S/C19H27N/c1-2-17-5-3-4-6-18(17)13-20-19-10-14-7-15(11-19)9-16(8-14)12-19/h3-6,14-16,20H,2,7-13H2,1H3. The molecule has 108 valence electrons. The topological polar surface area (TPSA) is 12.0 Å². The van der Waals surface area contributed by atoms with Gasteiger partial charge in [-0.3, -0.25) is 0 Å². The van der Waals surface area contributed by atoms with Gasteiger partial charge in [0.15, 0.2) is 0 Å². The van der Waals surface area contributed by atoms with E-state index >= 15 is 0 Å². The molecule has 1 heteroatoms. The van der Waals surface area contributed by atoms with E-state index in [1.54, 1.807) is 0 Å². The smallest absolute Gasteiger partial charge is 0.0213 e. The van der Waals surface area contributed by atoms with Crippen LogP contribution in [0.15, 0.2) is 24.3 Å². The van der Waals surface area contributed by atoms with Gasteiger partial charge < -0.3 is 5.32 Å². The van der Waals surface area contributed by atoms with Crippen molar-refractivity contribution in [2.24, 2.45) is 17.8 Å². The lowest BCUT2D eigenvalue weighted by molar-refractivity contribution is -0.0206. The molecule has 0 aromatic heterocycles. The molecule has 0 amide bonds. The minimum Gasteiger partial charge on any atom is -0.307 e. The van der Waals surface area contributed by atoms with Crippen LogP contribution in [0.3, 0.4) is 0 Å². The van der Waals surface area contributed by atoms with Crippen LogP contribution in [0, 0.1) is 17.8 Å².